The number of hydrogen-bond acceptors (Lipinski definition) is 4. The molecule has 1 aliphatic heterocycles. The molecule has 2 aromatic heterocycles. The summed E-state index contributed by atoms with van der Waals surface area (Å²) in [5.41, 5.74) is 3.46. The molecule has 7 heteroatoms. The van der Waals surface area contributed by atoms with Crippen LogP contribution in [-0.2, 0) is 4.79 Å². The molecule has 0 amide bonds. The molecule has 2 aromatic carbocycles. The van der Waals surface area contributed by atoms with Crippen LogP contribution < -0.4 is 5.69 Å². The van der Waals surface area contributed by atoms with Crippen LogP contribution in [0.2, 0.25) is 0 Å². The molecule has 33 heavy (non-hydrogen) atoms. The number of carbonyl (C=O) groups is 1. The Bertz CT molecular complexity index is 1360. The summed E-state index contributed by atoms with van der Waals surface area (Å²) in [7, 11) is 0. The monoisotopic (exact) mass is 442 g/mol. The molecule has 0 unspecified atom stereocenters. The number of nitrogens with zero attached hydrogens (tertiary/aromatic N) is 4. The molecular formula is C26H26N4O3. The molecule has 0 bridgehead atoms. The van der Waals surface area contributed by atoms with Gasteiger partial charge in [0, 0.05) is 25.8 Å². The van der Waals surface area contributed by atoms with E-state index < -0.39 is 11.4 Å². The van der Waals surface area contributed by atoms with Crippen LogP contribution in [0.15, 0.2) is 77.7 Å². The number of aliphatic carboxylic acids is 1. The summed E-state index contributed by atoms with van der Waals surface area (Å²) in [6, 6.07) is 21.8. The summed E-state index contributed by atoms with van der Waals surface area (Å²) in [5, 5.41) is 9.40. The zero-order valence-corrected chi connectivity index (χ0v) is 18.7. The van der Waals surface area contributed by atoms with E-state index in [-0.39, 0.29) is 11.7 Å². The fourth-order valence-corrected chi connectivity index (χ4v) is 4.52. The van der Waals surface area contributed by atoms with Crippen LogP contribution in [0.25, 0.3) is 28.0 Å². The zero-order valence-electron chi connectivity index (χ0n) is 18.7. The van der Waals surface area contributed by atoms with Gasteiger partial charge in [0.15, 0.2) is 5.65 Å². The maximum absolute atomic E-state index is 13.6. The molecule has 1 N–H and O–H groups in total. The SMILES string of the molecule is CC(C)(CN1CC(n2c(=O)n(-c3ccc(-c4ccccc4)cc3)c3cccnc32)C1)C(=O)O. The molecule has 168 valence electrons. The van der Waals surface area contributed by atoms with Crippen LogP contribution in [0.4, 0.5) is 0 Å². The lowest BCUT2D eigenvalue weighted by atomic mass is 9.91. The molecule has 0 spiro atoms. The van der Waals surface area contributed by atoms with Gasteiger partial charge in [0.05, 0.1) is 22.7 Å². The minimum Gasteiger partial charge on any atom is -0.481 e. The number of hydrogen-bond donors (Lipinski definition) is 1. The summed E-state index contributed by atoms with van der Waals surface area (Å²) in [6.07, 6.45) is 1.70. The third kappa shape index (κ3) is 3.74. The molecular weight excluding hydrogens is 416 g/mol. The van der Waals surface area contributed by atoms with Crippen molar-refractivity contribution in [3.05, 3.63) is 83.4 Å². The van der Waals surface area contributed by atoms with E-state index in [1.54, 1.807) is 29.2 Å². The van der Waals surface area contributed by atoms with Crippen LogP contribution in [0, 0.1) is 5.41 Å². The Labute approximate surface area is 191 Å². The van der Waals surface area contributed by atoms with Crippen molar-refractivity contribution in [2.75, 3.05) is 19.6 Å². The van der Waals surface area contributed by atoms with Crippen molar-refractivity contribution in [1.29, 1.82) is 0 Å². The number of carboxylic acids is 1. The molecule has 0 atom stereocenters. The number of carboxylic acid groups (broad SMARTS) is 1. The van der Waals surface area contributed by atoms with E-state index in [1.807, 2.05) is 54.6 Å². The van der Waals surface area contributed by atoms with Crippen molar-refractivity contribution in [2.45, 2.75) is 19.9 Å². The fourth-order valence-electron chi connectivity index (χ4n) is 4.52. The number of likely N-dealkylation sites (tertiary alicyclic amines) is 1. The normalized spacial score (nSPS) is 15.0. The van der Waals surface area contributed by atoms with Crippen LogP contribution in [0.3, 0.4) is 0 Å². The van der Waals surface area contributed by atoms with Crippen molar-refractivity contribution in [3.8, 4) is 16.8 Å². The number of rotatable bonds is 6. The van der Waals surface area contributed by atoms with E-state index in [0.29, 0.717) is 25.3 Å². The van der Waals surface area contributed by atoms with Gasteiger partial charge < -0.3 is 5.11 Å². The first-order valence-electron chi connectivity index (χ1n) is 11.0. The Morgan fingerprint density at radius 1 is 1.00 bits per heavy atom. The maximum Gasteiger partial charge on any atom is 0.335 e. The summed E-state index contributed by atoms with van der Waals surface area (Å²) >= 11 is 0. The molecule has 0 aliphatic carbocycles. The number of benzene rings is 2. The third-order valence-electron chi connectivity index (χ3n) is 6.37. The van der Waals surface area contributed by atoms with Gasteiger partial charge in [0.25, 0.3) is 0 Å². The van der Waals surface area contributed by atoms with Crippen molar-refractivity contribution in [3.63, 3.8) is 0 Å². The van der Waals surface area contributed by atoms with Gasteiger partial charge in [-0.1, -0.05) is 42.5 Å². The summed E-state index contributed by atoms with van der Waals surface area (Å²) in [6.45, 7) is 5.14. The van der Waals surface area contributed by atoms with Crippen molar-refractivity contribution < 1.29 is 9.90 Å². The Kier molecular flexibility index (Phi) is 5.13. The lowest BCUT2D eigenvalue weighted by Crippen LogP contribution is -2.54. The Hall–Kier alpha value is -3.71. The van der Waals surface area contributed by atoms with Gasteiger partial charge >= 0.3 is 11.7 Å². The van der Waals surface area contributed by atoms with Gasteiger partial charge in [-0.3, -0.25) is 18.8 Å². The van der Waals surface area contributed by atoms with E-state index in [1.165, 1.54) is 0 Å². The van der Waals surface area contributed by atoms with E-state index in [0.717, 1.165) is 22.3 Å². The number of pyridine rings is 1. The van der Waals surface area contributed by atoms with Gasteiger partial charge in [0.2, 0.25) is 0 Å². The maximum atomic E-state index is 13.6. The van der Waals surface area contributed by atoms with E-state index in [2.05, 4.69) is 22.0 Å². The molecule has 4 aromatic rings. The first-order valence-corrected chi connectivity index (χ1v) is 11.0. The van der Waals surface area contributed by atoms with Gasteiger partial charge in [0.1, 0.15) is 0 Å². The lowest BCUT2D eigenvalue weighted by molar-refractivity contribution is -0.148. The quantitative estimate of drug-likeness (QED) is 0.491. The van der Waals surface area contributed by atoms with Crippen LogP contribution in [0.1, 0.15) is 19.9 Å². The molecule has 1 saturated heterocycles. The standard InChI is InChI=1S/C26H26N4O3/c1-26(2,24(31)32)17-28-15-21(16-28)30-23-22(9-6-14-27-23)29(25(30)33)20-12-10-19(11-13-20)18-7-4-3-5-8-18/h3-14,21H,15-17H2,1-2H3,(H,31,32). The molecule has 1 aliphatic rings. The van der Waals surface area contributed by atoms with E-state index in [4.69, 9.17) is 0 Å². The van der Waals surface area contributed by atoms with Gasteiger partial charge in [-0.25, -0.2) is 9.78 Å². The molecule has 7 nitrogen and oxygen atoms in total. The van der Waals surface area contributed by atoms with E-state index in [9.17, 15) is 14.7 Å². The zero-order chi connectivity index (χ0) is 23.2. The molecule has 3 heterocycles. The third-order valence-corrected chi connectivity index (χ3v) is 6.37. The molecule has 5 rings (SSSR count). The second-order valence-electron chi connectivity index (χ2n) is 9.28. The Balaban J connectivity index is 1.47. The Morgan fingerprint density at radius 2 is 1.67 bits per heavy atom. The first-order chi connectivity index (χ1) is 15.8. The average Bonchev–Trinajstić information content (AvgIpc) is 3.08. The average molecular weight is 443 g/mol. The fraction of sp³-hybridized carbons (Fsp3) is 0.269. The number of aromatic nitrogens is 3. The van der Waals surface area contributed by atoms with E-state index >= 15 is 0 Å². The highest BCUT2D eigenvalue weighted by Gasteiger charge is 2.38. The highest BCUT2D eigenvalue weighted by molar-refractivity contribution is 5.75. The van der Waals surface area contributed by atoms with Crippen LogP contribution in [0.5, 0.6) is 0 Å². The summed E-state index contributed by atoms with van der Waals surface area (Å²) < 4.78 is 3.46. The predicted molar refractivity (Wildman–Crippen MR) is 128 cm³/mol. The topological polar surface area (TPSA) is 80.4 Å². The van der Waals surface area contributed by atoms with Gasteiger partial charge in [-0.05, 0) is 49.2 Å². The van der Waals surface area contributed by atoms with Crippen LogP contribution >= 0.6 is 0 Å². The smallest absolute Gasteiger partial charge is 0.335 e. The highest BCUT2D eigenvalue weighted by atomic mass is 16.4. The minimum absolute atomic E-state index is 0.0377. The molecule has 0 saturated carbocycles. The van der Waals surface area contributed by atoms with Gasteiger partial charge in [-0.2, -0.15) is 0 Å². The summed E-state index contributed by atoms with van der Waals surface area (Å²) in [4.78, 5) is 31.6. The number of fused-ring (bicyclic) bond motifs is 1. The second-order valence-corrected chi connectivity index (χ2v) is 9.28. The largest absolute Gasteiger partial charge is 0.481 e. The highest BCUT2D eigenvalue weighted by Crippen LogP contribution is 2.29. The second kappa shape index (κ2) is 8.01. The molecule has 1 fully saturated rings. The predicted octanol–water partition coefficient (Wildman–Crippen LogP) is 3.82. The molecule has 0 radical (unpaired) electrons. The number of imidazole rings is 1. The van der Waals surface area contributed by atoms with Gasteiger partial charge in [-0.15, -0.1) is 0 Å². The van der Waals surface area contributed by atoms with Crippen molar-refractivity contribution in [1.82, 2.24) is 19.0 Å². The van der Waals surface area contributed by atoms with Crippen molar-refractivity contribution >= 4 is 17.1 Å². The minimum atomic E-state index is -0.831. The van der Waals surface area contributed by atoms with Crippen LogP contribution in [-0.4, -0.2) is 49.7 Å². The summed E-state index contributed by atoms with van der Waals surface area (Å²) in [5.74, 6) is -0.819. The Morgan fingerprint density at radius 3 is 2.33 bits per heavy atom. The first kappa shape index (κ1) is 21.2. The van der Waals surface area contributed by atoms with Crippen molar-refractivity contribution in [2.24, 2.45) is 5.41 Å². The lowest BCUT2D eigenvalue weighted by Gasteiger charge is -2.42.